The summed E-state index contributed by atoms with van der Waals surface area (Å²) in [4.78, 5) is 145. The molecule has 6 aromatic rings. The molecule has 6 aliphatic heterocycles. The summed E-state index contributed by atoms with van der Waals surface area (Å²) in [5.74, 6) is -7.82. The summed E-state index contributed by atoms with van der Waals surface area (Å²) >= 11 is 2.08. The van der Waals surface area contributed by atoms with Crippen molar-refractivity contribution in [3.63, 3.8) is 0 Å². The number of halogens is 3. The second-order valence-corrected chi connectivity index (χ2v) is 44.5. The van der Waals surface area contributed by atoms with Crippen LogP contribution in [0.25, 0.3) is 33.5 Å². The number of aliphatic hydroxyl groups is 3. The Bertz CT molecular complexity index is 4780. The number of hydrogen-bond donors (Lipinski definition) is 12. The van der Waals surface area contributed by atoms with Crippen molar-refractivity contribution in [2.75, 3.05) is 74.1 Å². The number of nitrogens with zero attached hydrogens (tertiary/aromatic N) is 12. The number of aliphatic hydroxyl groups excluding tert-OH is 3. The lowest BCUT2D eigenvalue weighted by Gasteiger charge is -2.25. The third kappa shape index (κ3) is 24.6. The summed E-state index contributed by atoms with van der Waals surface area (Å²) in [6, 6.07) is -3.30. The van der Waals surface area contributed by atoms with Gasteiger partial charge in [-0.2, -0.15) is 29.9 Å². The molecule has 0 spiro atoms. The molecule has 6 amide bonds. The van der Waals surface area contributed by atoms with Crippen LogP contribution in [0, 0.1) is 17.8 Å². The molecule has 6 aromatic heterocycles. The Balaban J connectivity index is 0.000000201. The van der Waals surface area contributed by atoms with Gasteiger partial charge in [-0.3, -0.25) is 86.5 Å². The van der Waals surface area contributed by atoms with Gasteiger partial charge in [0.25, 0.3) is 0 Å². The predicted molar refractivity (Wildman–Crippen MR) is 454 cm³/mol. The zero-order valence-corrected chi connectivity index (χ0v) is 77.7. The van der Waals surface area contributed by atoms with E-state index in [9.17, 15) is 72.2 Å². The summed E-state index contributed by atoms with van der Waals surface area (Å²) in [5, 5.41) is 47.1. The fraction of sp³-hybridized carbons (Fsp3) is 0.667. The van der Waals surface area contributed by atoms with Gasteiger partial charge < -0.3 is 88.7 Å². The van der Waals surface area contributed by atoms with Crippen molar-refractivity contribution in [1.29, 1.82) is 0 Å². The maximum atomic E-state index is 16.0. The van der Waals surface area contributed by atoms with E-state index >= 15 is 13.2 Å². The second kappa shape index (κ2) is 42.5. The van der Waals surface area contributed by atoms with Gasteiger partial charge in [0.1, 0.15) is 54.7 Å². The highest BCUT2D eigenvalue weighted by atomic mass is 32.7. The minimum atomic E-state index is -4.04. The molecule has 129 heavy (non-hydrogen) atoms. The van der Waals surface area contributed by atoms with Gasteiger partial charge in [0.15, 0.2) is 69.2 Å². The third-order valence-electron chi connectivity index (χ3n) is 19.9. The molecule has 57 heteroatoms. The molecule has 0 radical (unpaired) electrons. The number of nitrogens with two attached hydrogens (primary N) is 3. The Morgan fingerprint density at radius 2 is 0.705 bits per heavy atom. The lowest BCUT2D eigenvalue weighted by molar-refractivity contribution is -0.149. The first-order chi connectivity index (χ1) is 60.4. The van der Waals surface area contributed by atoms with Gasteiger partial charge in [-0.1, -0.05) is 34.1 Å². The number of nitrogen functional groups attached to an aromatic ring is 3. The number of rotatable bonds is 39. The normalized spacial score (nSPS) is 27.8. The number of fused-ring (bicyclic) bond motifs is 3. The molecule has 6 aliphatic rings. The number of imidazole rings is 3. The average molecular weight is 1940 g/mol. The number of amides is 6. The first-order valence-electron chi connectivity index (χ1n) is 40.5. The number of aromatic nitrogens is 12. The Hall–Kier alpha value is -8.67. The SMILES string of the molecule is CCOc1nc(N)nc2c1ncn2C1O[C@H](CO[P@@](=O)(N[C@H](C)C(=O)OC(C)C)SCC2CC(=O)NC2=O)[C@@H](O)[C@@]1(C)F.CCOc1nc(N)nc2c1ncn2C1O[C@H](CO[P@](=O)(N[C@H](C)C(=O)OC(C)C)SCC2CC(=O)NC2=O)[C@@H](O)[C@@]1(C)F.CCOc1nc(N)nc2c1ncn2C1O[C@H](CO[P@](=O)(N[C@H](C)C(=O)OC(C)C)SCC2CC(=O)NC2=O)[C@@H](O)[C@@]1(C)F. The number of anilines is 3. The number of esters is 3. The van der Waals surface area contributed by atoms with Crippen LogP contribution < -0.4 is 62.6 Å². The minimum absolute atomic E-state index is 0.0877. The molecular formula is C72H105F3N21O27P3S3. The van der Waals surface area contributed by atoms with Crippen molar-refractivity contribution < 1.29 is 142 Å². The number of carbonyl (C=O) groups excluding carboxylic acids is 9. The standard InChI is InChI=1S/3C24H35FN7O9PS/c3*1-6-38-20-16-18(29-23(26)30-20)32(10-27-16)22-24(5,25)17(34)14(41-22)8-39-42(37,31-12(4)21(36)40-11(2)3)43-9-13-7-15(33)28-19(13)35/h3*10-14,17,22,34H,6-9H2,1-5H3,(H,31,37)(H2,26,29,30)(H,28,33,35)/t12-,13?,14-,17-,22?,24-,42+;2*12-,13?,14-,17-,22?,24-,42-/m111/s1. The van der Waals surface area contributed by atoms with E-state index in [0.29, 0.717) is 34.1 Å². The maximum Gasteiger partial charge on any atom is 0.327 e. The molecule has 0 aromatic carbocycles. The topological polar surface area (TPSA) is 657 Å². The Morgan fingerprint density at radius 1 is 0.465 bits per heavy atom. The molecule has 714 valence electrons. The van der Waals surface area contributed by atoms with Crippen LogP contribution in [0.4, 0.5) is 31.0 Å². The Morgan fingerprint density at radius 3 is 0.915 bits per heavy atom. The highest BCUT2D eigenvalue weighted by Crippen LogP contribution is 2.61. The van der Waals surface area contributed by atoms with E-state index in [-0.39, 0.29) is 125 Å². The highest BCUT2D eigenvalue weighted by Gasteiger charge is 2.59. The number of imide groups is 3. The zero-order chi connectivity index (χ0) is 95.1. The first kappa shape index (κ1) is 102. The molecule has 21 atom stereocenters. The fourth-order valence-corrected chi connectivity index (χ4v) is 25.6. The molecule has 0 saturated carbocycles. The molecule has 6 saturated heterocycles. The van der Waals surface area contributed by atoms with Gasteiger partial charge in [0.05, 0.1) is 94.7 Å². The third-order valence-corrected chi connectivity index (χ3v) is 32.5. The van der Waals surface area contributed by atoms with Gasteiger partial charge >= 0.3 is 38.1 Å². The van der Waals surface area contributed by atoms with Crippen molar-refractivity contribution in [3.05, 3.63) is 19.0 Å². The average Bonchev–Trinajstić information content (AvgIpc) is 1.60. The molecule has 6 fully saturated rings. The summed E-state index contributed by atoms with van der Waals surface area (Å²) in [6.07, 6.45) is -11.6. The van der Waals surface area contributed by atoms with Gasteiger partial charge in [0, 0.05) is 36.5 Å². The first-order valence-corrected chi connectivity index (χ1v) is 50.2. The van der Waals surface area contributed by atoms with E-state index in [2.05, 4.69) is 76.1 Å². The van der Waals surface area contributed by atoms with E-state index in [4.69, 9.17) is 73.4 Å². The van der Waals surface area contributed by atoms with Crippen LogP contribution in [0.3, 0.4) is 0 Å². The van der Waals surface area contributed by atoms with Crippen LogP contribution in [-0.2, 0) is 98.8 Å². The van der Waals surface area contributed by atoms with Crippen LogP contribution in [-0.4, -0.2) is 274 Å². The second-order valence-electron chi connectivity index (χ2n) is 31.5. The summed E-state index contributed by atoms with van der Waals surface area (Å²) in [7, 11) is 0. The minimum Gasteiger partial charge on any atom is -0.476 e. The van der Waals surface area contributed by atoms with E-state index in [1.807, 2.05) is 0 Å². The van der Waals surface area contributed by atoms with Crippen LogP contribution >= 0.6 is 54.3 Å². The zero-order valence-electron chi connectivity index (χ0n) is 72.5. The number of alkyl halides is 3. The quantitative estimate of drug-likeness (QED) is 0.0113. The van der Waals surface area contributed by atoms with E-state index in [1.54, 1.807) is 62.3 Å². The van der Waals surface area contributed by atoms with Crippen LogP contribution in [0.5, 0.6) is 17.6 Å². The van der Waals surface area contributed by atoms with Gasteiger partial charge in [-0.25, -0.2) is 43.4 Å². The number of ether oxygens (including phenoxy) is 9. The van der Waals surface area contributed by atoms with Crippen LogP contribution in [0.15, 0.2) is 19.0 Å². The molecule has 12 heterocycles. The molecule has 0 bridgehead atoms. The number of hydrogen-bond acceptors (Lipinski definition) is 42. The van der Waals surface area contributed by atoms with Crippen molar-refractivity contribution >= 4 is 159 Å². The largest absolute Gasteiger partial charge is 0.476 e. The molecule has 0 aliphatic carbocycles. The van der Waals surface area contributed by atoms with E-state index < -0.39 is 220 Å². The van der Waals surface area contributed by atoms with E-state index in [0.717, 1.165) is 20.8 Å². The van der Waals surface area contributed by atoms with E-state index in [1.165, 1.54) is 53.5 Å². The van der Waals surface area contributed by atoms with Gasteiger partial charge in [-0.15, -0.1) is 0 Å². The van der Waals surface area contributed by atoms with Crippen molar-refractivity contribution in [2.24, 2.45) is 17.8 Å². The predicted octanol–water partition coefficient (Wildman–Crippen LogP) is 3.73. The Kier molecular flexibility index (Phi) is 33.7. The fourth-order valence-electron chi connectivity index (χ4n) is 13.5. The monoisotopic (exact) mass is 1940 g/mol. The van der Waals surface area contributed by atoms with Crippen molar-refractivity contribution in [3.8, 4) is 17.6 Å². The summed E-state index contributed by atoms with van der Waals surface area (Å²) < 4.78 is 160. The number of carbonyl (C=O) groups is 9. The van der Waals surface area contributed by atoms with Crippen molar-refractivity contribution in [1.82, 2.24) is 89.8 Å². The van der Waals surface area contributed by atoms with Crippen LogP contribution in [0.2, 0.25) is 0 Å². The summed E-state index contributed by atoms with van der Waals surface area (Å²) in [5.41, 5.74) is 11.1. The van der Waals surface area contributed by atoms with Crippen molar-refractivity contribution in [2.45, 2.75) is 232 Å². The molecular weight excluding hydrogens is 1840 g/mol. The summed E-state index contributed by atoms with van der Waals surface area (Å²) in [6.45, 7) is 9.63. The highest BCUT2D eigenvalue weighted by molar-refractivity contribution is 8.56. The molecule has 15 N–H and O–H groups in total. The molecule has 48 nitrogen and oxygen atoms in total. The smallest absolute Gasteiger partial charge is 0.327 e. The van der Waals surface area contributed by atoms with Gasteiger partial charge in [0.2, 0.25) is 70.9 Å². The Labute approximate surface area is 747 Å². The number of nitrogens with one attached hydrogen (secondary N) is 6. The molecule has 12 rings (SSSR count). The van der Waals surface area contributed by atoms with Crippen LogP contribution in [0.1, 0.15) is 142 Å². The van der Waals surface area contributed by atoms with Gasteiger partial charge in [-0.05, 0) is 104 Å². The lowest BCUT2D eigenvalue weighted by Crippen LogP contribution is -2.41. The lowest BCUT2D eigenvalue weighted by atomic mass is 9.98. The maximum absolute atomic E-state index is 16.0. The molecule has 6 unspecified atom stereocenters.